The first-order valence-corrected chi connectivity index (χ1v) is 8.58. The summed E-state index contributed by atoms with van der Waals surface area (Å²) in [7, 11) is 0. The highest BCUT2D eigenvalue weighted by molar-refractivity contribution is 6.31. The van der Waals surface area contributed by atoms with Gasteiger partial charge < -0.3 is 4.57 Å². The molecular weight excluding hydrogens is 328 g/mol. The van der Waals surface area contributed by atoms with Gasteiger partial charge in [0.2, 0.25) is 0 Å². The molecule has 3 heteroatoms. The summed E-state index contributed by atoms with van der Waals surface area (Å²) < 4.78 is 2.10. The van der Waals surface area contributed by atoms with E-state index in [0.717, 1.165) is 21.7 Å². The maximum absolute atomic E-state index is 6.71. The van der Waals surface area contributed by atoms with E-state index in [1.165, 1.54) is 5.56 Å². The predicted octanol–water partition coefficient (Wildman–Crippen LogP) is 5.84. The Hall–Kier alpha value is -2.84. The van der Waals surface area contributed by atoms with Crippen LogP contribution in [0.5, 0.6) is 0 Å². The molecule has 0 radical (unpaired) electrons. The quantitative estimate of drug-likeness (QED) is 0.454. The van der Waals surface area contributed by atoms with Gasteiger partial charge in [-0.15, -0.1) is 0 Å². The van der Waals surface area contributed by atoms with E-state index in [0.29, 0.717) is 0 Å². The molecule has 1 aromatic heterocycles. The summed E-state index contributed by atoms with van der Waals surface area (Å²) in [6, 6.07) is 26.8. The lowest BCUT2D eigenvalue weighted by molar-refractivity contribution is 0.678. The number of nitrogens with zero attached hydrogens (tertiary/aromatic N) is 2. The average molecular weight is 345 g/mol. The highest BCUT2D eigenvalue weighted by Gasteiger charge is 2.22. The molecule has 0 saturated carbocycles. The molecule has 3 aromatic carbocycles. The standard InChI is InChI=1S/C22H17ClN2/c23-20-13-7-12-19(17-8-3-1-4-9-17)21(20)22(25-15-14-24-16-25)18-10-5-2-6-11-18/h1-16,22H. The molecule has 2 nitrogen and oxygen atoms in total. The molecule has 0 spiro atoms. The van der Waals surface area contributed by atoms with Crippen molar-refractivity contribution in [2.75, 3.05) is 0 Å². The van der Waals surface area contributed by atoms with E-state index in [-0.39, 0.29) is 6.04 Å². The van der Waals surface area contributed by atoms with Gasteiger partial charge in [-0.3, -0.25) is 0 Å². The predicted molar refractivity (Wildman–Crippen MR) is 103 cm³/mol. The lowest BCUT2D eigenvalue weighted by Gasteiger charge is -2.24. The Balaban J connectivity index is 1.97. The van der Waals surface area contributed by atoms with Crippen LogP contribution < -0.4 is 0 Å². The highest BCUT2D eigenvalue weighted by atomic mass is 35.5. The SMILES string of the molecule is Clc1cccc(-c2ccccc2)c1C(c1ccccc1)n1ccnc1. The van der Waals surface area contributed by atoms with Gasteiger partial charge >= 0.3 is 0 Å². The van der Waals surface area contributed by atoms with Gasteiger partial charge in [-0.1, -0.05) is 84.4 Å². The number of hydrogen-bond donors (Lipinski definition) is 0. The molecule has 0 amide bonds. The molecule has 0 aliphatic rings. The molecule has 4 rings (SSSR count). The van der Waals surface area contributed by atoms with Crippen molar-refractivity contribution in [1.29, 1.82) is 0 Å². The first-order chi connectivity index (χ1) is 12.3. The normalized spacial score (nSPS) is 12.0. The Morgan fingerprint density at radius 3 is 2.20 bits per heavy atom. The van der Waals surface area contributed by atoms with Crippen LogP contribution in [-0.2, 0) is 0 Å². The van der Waals surface area contributed by atoms with Crippen molar-refractivity contribution in [1.82, 2.24) is 9.55 Å². The largest absolute Gasteiger partial charge is 0.326 e. The number of benzene rings is 3. The Kier molecular flexibility index (Phi) is 4.36. The van der Waals surface area contributed by atoms with Gasteiger partial charge in [-0.25, -0.2) is 4.98 Å². The minimum absolute atomic E-state index is 0.0346. The van der Waals surface area contributed by atoms with Gasteiger partial charge in [0.25, 0.3) is 0 Å². The van der Waals surface area contributed by atoms with E-state index in [2.05, 4.69) is 64.1 Å². The van der Waals surface area contributed by atoms with Crippen LogP contribution >= 0.6 is 11.6 Å². The molecule has 1 heterocycles. The zero-order valence-electron chi connectivity index (χ0n) is 13.6. The van der Waals surface area contributed by atoms with E-state index in [1.807, 2.05) is 36.8 Å². The van der Waals surface area contributed by atoms with Crippen LogP contribution in [-0.4, -0.2) is 9.55 Å². The number of hydrogen-bond acceptors (Lipinski definition) is 1. The topological polar surface area (TPSA) is 17.8 Å². The van der Waals surface area contributed by atoms with Gasteiger partial charge in [0.15, 0.2) is 0 Å². The third-order valence-corrected chi connectivity index (χ3v) is 4.68. The Morgan fingerprint density at radius 2 is 1.52 bits per heavy atom. The minimum Gasteiger partial charge on any atom is -0.326 e. The molecular formula is C22H17ClN2. The van der Waals surface area contributed by atoms with Crippen molar-refractivity contribution in [3.05, 3.63) is 114 Å². The molecule has 0 bridgehead atoms. The Bertz CT molecular complexity index is 948. The van der Waals surface area contributed by atoms with Gasteiger partial charge in [-0.05, 0) is 22.8 Å². The van der Waals surface area contributed by atoms with Crippen LogP contribution in [0.2, 0.25) is 5.02 Å². The fourth-order valence-electron chi connectivity index (χ4n) is 3.23. The van der Waals surface area contributed by atoms with Crippen LogP contribution in [0.25, 0.3) is 11.1 Å². The Labute approximate surface area is 152 Å². The van der Waals surface area contributed by atoms with E-state index in [1.54, 1.807) is 6.20 Å². The molecule has 1 unspecified atom stereocenters. The lowest BCUT2D eigenvalue weighted by Crippen LogP contribution is -2.12. The first kappa shape index (κ1) is 15.7. The lowest BCUT2D eigenvalue weighted by atomic mass is 9.90. The third kappa shape index (κ3) is 3.09. The van der Waals surface area contributed by atoms with Gasteiger partial charge in [0, 0.05) is 23.0 Å². The van der Waals surface area contributed by atoms with Crippen molar-refractivity contribution in [2.45, 2.75) is 6.04 Å². The van der Waals surface area contributed by atoms with Crippen molar-refractivity contribution < 1.29 is 0 Å². The van der Waals surface area contributed by atoms with E-state index >= 15 is 0 Å². The summed E-state index contributed by atoms with van der Waals surface area (Å²) in [6.07, 6.45) is 5.63. The highest BCUT2D eigenvalue weighted by Crippen LogP contribution is 2.38. The second-order valence-corrected chi connectivity index (χ2v) is 6.30. The maximum atomic E-state index is 6.71. The van der Waals surface area contributed by atoms with Crippen LogP contribution in [0.3, 0.4) is 0 Å². The monoisotopic (exact) mass is 344 g/mol. The second-order valence-electron chi connectivity index (χ2n) is 5.89. The molecule has 0 N–H and O–H groups in total. The minimum atomic E-state index is -0.0346. The van der Waals surface area contributed by atoms with Crippen LogP contribution in [0.15, 0.2) is 97.6 Å². The van der Waals surface area contributed by atoms with Crippen LogP contribution in [0.4, 0.5) is 0 Å². The smallest absolute Gasteiger partial charge is 0.0954 e. The van der Waals surface area contributed by atoms with Crippen molar-refractivity contribution in [3.8, 4) is 11.1 Å². The van der Waals surface area contributed by atoms with E-state index in [4.69, 9.17) is 11.6 Å². The summed E-state index contributed by atoms with van der Waals surface area (Å²) in [6.45, 7) is 0. The first-order valence-electron chi connectivity index (χ1n) is 8.21. The maximum Gasteiger partial charge on any atom is 0.0954 e. The number of halogens is 1. The zero-order chi connectivity index (χ0) is 17.1. The second kappa shape index (κ2) is 6.96. The van der Waals surface area contributed by atoms with Crippen molar-refractivity contribution in [2.24, 2.45) is 0 Å². The number of imidazole rings is 1. The molecule has 0 fully saturated rings. The molecule has 1 atom stereocenters. The summed E-state index contributed by atoms with van der Waals surface area (Å²) in [4.78, 5) is 4.25. The van der Waals surface area contributed by atoms with Crippen molar-refractivity contribution >= 4 is 11.6 Å². The summed E-state index contributed by atoms with van der Waals surface area (Å²) >= 11 is 6.71. The number of rotatable bonds is 4. The third-order valence-electron chi connectivity index (χ3n) is 4.35. The average Bonchev–Trinajstić information content (AvgIpc) is 3.19. The van der Waals surface area contributed by atoms with Crippen molar-refractivity contribution in [3.63, 3.8) is 0 Å². The van der Waals surface area contributed by atoms with E-state index < -0.39 is 0 Å². The fourth-order valence-corrected chi connectivity index (χ4v) is 3.51. The zero-order valence-corrected chi connectivity index (χ0v) is 14.3. The molecule has 0 aliphatic carbocycles. The van der Waals surface area contributed by atoms with Gasteiger partial charge in [0.05, 0.1) is 12.4 Å². The van der Waals surface area contributed by atoms with Gasteiger partial charge in [0.1, 0.15) is 0 Å². The van der Waals surface area contributed by atoms with E-state index in [9.17, 15) is 0 Å². The molecule has 122 valence electrons. The number of aromatic nitrogens is 2. The van der Waals surface area contributed by atoms with Crippen LogP contribution in [0, 0.1) is 0 Å². The molecule has 4 aromatic rings. The Morgan fingerprint density at radius 1 is 0.800 bits per heavy atom. The summed E-state index contributed by atoms with van der Waals surface area (Å²) in [5.74, 6) is 0. The molecule has 0 aliphatic heterocycles. The van der Waals surface area contributed by atoms with Gasteiger partial charge in [-0.2, -0.15) is 0 Å². The molecule has 25 heavy (non-hydrogen) atoms. The molecule has 0 saturated heterocycles. The summed E-state index contributed by atoms with van der Waals surface area (Å²) in [5, 5.41) is 0.754. The fraction of sp³-hybridized carbons (Fsp3) is 0.0455. The summed E-state index contributed by atoms with van der Waals surface area (Å²) in [5.41, 5.74) is 4.54. The van der Waals surface area contributed by atoms with Crippen LogP contribution in [0.1, 0.15) is 17.2 Å².